The zero-order chi connectivity index (χ0) is 14.3. The largest absolute Gasteiger partial charge is 0.383 e. The van der Waals surface area contributed by atoms with E-state index in [0.717, 1.165) is 12.0 Å². The van der Waals surface area contributed by atoms with Crippen LogP contribution < -0.4 is 0 Å². The first-order valence-corrected chi connectivity index (χ1v) is 6.88. The van der Waals surface area contributed by atoms with Crippen LogP contribution in [0.3, 0.4) is 0 Å². The first-order chi connectivity index (χ1) is 9.58. The third-order valence-electron chi connectivity index (χ3n) is 3.97. The maximum Gasteiger partial charge on any atom is 0.259 e. The molecule has 1 aromatic rings. The fourth-order valence-corrected chi connectivity index (χ4v) is 3.06. The third kappa shape index (κ3) is 2.01. The van der Waals surface area contributed by atoms with Crippen LogP contribution in [-0.4, -0.2) is 42.1 Å². The highest BCUT2D eigenvalue weighted by Gasteiger charge is 2.40. The summed E-state index contributed by atoms with van der Waals surface area (Å²) in [6.45, 7) is 0.693. The first-order valence-electron chi connectivity index (χ1n) is 6.88. The number of amides is 1. The molecule has 1 atom stereocenters. The summed E-state index contributed by atoms with van der Waals surface area (Å²) in [4.78, 5) is 28.4. The second-order valence-corrected chi connectivity index (χ2v) is 5.60. The molecule has 0 N–H and O–H groups in total. The molecule has 3 rings (SSSR count). The molecule has 1 amide bonds. The van der Waals surface area contributed by atoms with Crippen molar-refractivity contribution in [3.05, 3.63) is 47.2 Å². The Morgan fingerprint density at radius 2 is 2.00 bits per heavy atom. The SMILES string of the molecule is CN(C)C=C1C(=O)CC2c3ccccc3CCN2C1=O. The normalized spacial score (nSPS) is 23.6. The van der Waals surface area contributed by atoms with Crippen LogP contribution >= 0.6 is 0 Å². The van der Waals surface area contributed by atoms with Gasteiger partial charge in [0.2, 0.25) is 0 Å². The molecule has 1 unspecified atom stereocenters. The fourth-order valence-electron chi connectivity index (χ4n) is 3.06. The van der Waals surface area contributed by atoms with Crippen molar-refractivity contribution in [2.45, 2.75) is 18.9 Å². The molecular formula is C16H18N2O2. The van der Waals surface area contributed by atoms with Crippen LogP contribution in [0.2, 0.25) is 0 Å². The molecule has 4 nitrogen and oxygen atoms in total. The van der Waals surface area contributed by atoms with Gasteiger partial charge < -0.3 is 9.80 Å². The summed E-state index contributed by atoms with van der Waals surface area (Å²) in [7, 11) is 3.65. The lowest BCUT2D eigenvalue weighted by atomic mass is 9.85. The monoisotopic (exact) mass is 270 g/mol. The second kappa shape index (κ2) is 4.78. The minimum atomic E-state index is -0.130. The average Bonchev–Trinajstić information content (AvgIpc) is 2.43. The van der Waals surface area contributed by atoms with Crippen LogP contribution in [0.15, 0.2) is 36.0 Å². The minimum absolute atomic E-state index is 0.0540. The van der Waals surface area contributed by atoms with E-state index in [9.17, 15) is 9.59 Å². The number of benzene rings is 1. The van der Waals surface area contributed by atoms with E-state index in [0.29, 0.717) is 18.5 Å². The van der Waals surface area contributed by atoms with Gasteiger partial charge in [-0.25, -0.2) is 0 Å². The Morgan fingerprint density at radius 1 is 1.25 bits per heavy atom. The Labute approximate surface area is 118 Å². The maximum atomic E-state index is 12.5. The maximum absolute atomic E-state index is 12.5. The fraction of sp³-hybridized carbons (Fsp3) is 0.375. The Bertz CT molecular complexity index is 604. The minimum Gasteiger partial charge on any atom is -0.383 e. The molecule has 0 aliphatic carbocycles. The highest BCUT2D eigenvalue weighted by molar-refractivity contribution is 6.21. The molecule has 20 heavy (non-hydrogen) atoms. The van der Waals surface area contributed by atoms with E-state index < -0.39 is 0 Å². The van der Waals surface area contributed by atoms with Crippen molar-refractivity contribution >= 4 is 11.7 Å². The van der Waals surface area contributed by atoms with Crippen LogP contribution in [0, 0.1) is 0 Å². The van der Waals surface area contributed by atoms with Crippen molar-refractivity contribution in [1.82, 2.24) is 9.80 Å². The summed E-state index contributed by atoms with van der Waals surface area (Å²) in [6.07, 6.45) is 2.89. The zero-order valence-corrected chi connectivity index (χ0v) is 11.8. The van der Waals surface area contributed by atoms with Gasteiger partial charge in [0.25, 0.3) is 5.91 Å². The number of carbonyl (C=O) groups excluding carboxylic acids is 2. The molecule has 104 valence electrons. The van der Waals surface area contributed by atoms with Gasteiger partial charge in [-0.3, -0.25) is 9.59 Å². The lowest BCUT2D eigenvalue weighted by molar-refractivity contribution is -0.137. The highest BCUT2D eigenvalue weighted by Crippen LogP contribution is 2.37. The van der Waals surface area contributed by atoms with Gasteiger partial charge in [-0.05, 0) is 17.5 Å². The first kappa shape index (κ1) is 12.9. The molecule has 1 saturated heterocycles. The van der Waals surface area contributed by atoms with E-state index in [-0.39, 0.29) is 17.7 Å². The standard InChI is InChI=1S/C16H18N2O2/c1-17(2)10-13-15(19)9-14-12-6-4-3-5-11(12)7-8-18(14)16(13)20/h3-6,10,14H,7-9H2,1-2H3. The number of rotatable bonds is 1. The van der Waals surface area contributed by atoms with E-state index in [1.165, 1.54) is 5.56 Å². The van der Waals surface area contributed by atoms with Gasteiger partial charge in [-0.2, -0.15) is 0 Å². The molecular weight excluding hydrogens is 252 g/mol. The lowest BCUT2D eigenvalue weighted by Crippen LogP contribution is -2.47. The number of carbonyl (C=O) groups is 2. The van der Waals surface area contributed by atoms with Crippen molar-refractivity contribution < 1.29 is 9.59 Å². The number of piperidine rings is 1. The van der Waals surface area contributed by atoms with Gasteiger partial charge in [0, 0.05) is 33.3 Å². The second-order valence-electron chi connectivity index (χ2n) is 5.60. The number of Topliss-reactive ketones (excluding diaryl/α,β-unsaturated/α-hetero) is 1. The summed E-state index contributed by atoms with van der Waals surface area (Å²) in [5, 5.41) is 0. The summed E-state index contributed by atoms with van der Waals surface area (Å²) < 4.78 is 0. The quantitative estimate of drug-likeness (QED) is 0.574. The predicted molar refractivity (Wildman–Crippen MR) is 76.0 cm³/mol. The van der Waals surface area contributed by atoms with E-state index in [4.69, 9.17) is 0 Å². The molecule has 0 spiro atoms. The summed E-state index contributed by atoms with van der Waals surface area (Å²) in [5.74, 6) is -0.184. The number of hydrogen-bond acceptors (Lipinski definition) is 3. The molecule has 0 saturated carbocycles. The molecule has 0 radical (unpaired) electrons. The third-order valence-corrected chi connectivity index (χ3v) is 3.97. The van der Waals surface area contributed by atoms with Crippen molar-refractivity contribution in [3.8, 4) is 0 Å². The lowest BCUT2D eigenvalue weighted by Gasteiger charge is -2.40. The summed E-state index contributed by atoms with van der Waals surface area (Å²) in [6, 6.07) is 8.03. The molecule has 0 bridgehead atoms. The number of ketones is 1. The number of fused-ring (bicyclic) bond motifs is 3. The topological polar surface area (TPSA) is 40.6 Å². The molecule has 4 heteroatoms. The van der Waals surface area contributed by atoms with E-state index in [2.05, 4.69) is 6.07 Å². The van der Waals surface area contributed by atoms with Crippen LogP contribution in [0.5, 0.6) is 0 Å². The molecule has 0 aromatic heterocycles. The molecule has 1 fully saturated rings. The Kier molecular flexibility index (Phi) is 3.08. The van der Waals surface area contributed by atoms with Gasteiger partial charge in [-0.15, -0.1) is 0 Å². The van der Waals surface area contributed by atoms with Gasteiger partial charge in [0.05, 0.1) is 11.6 Å². The Morgan fingerprint density at radius 3 is 2.75 bits per heavy atom. The summed E-state index contributed by atoms with van der Waals surface area (Å²) >= 11 is 0. The van der Waals surface area contributed by atoms with Gasteiger partial charge >= 0.3 is 0 Å². The average molecular weight is 270 g/mol. The highest BCUT2D eigenvalue weighted by atomic mass is 16.2. The van der Waals surface area contributed by atoms with Gasteiger partial charge in [0.15, 0.2) is 5.78 Å². The Hall–Kier alpha value is -2.10. The van der Waals surface area contributed by atoms with E-state index >= 15 is 0 Å². The molecule has 2 aliphatic heterocycles. The summed E-state index contributed by atoms with van der Waals surface area (Å²) in [5.41, 5.74) is 2.70. The van der Waals surface area contributed by atoms with Crippen molar-refractivity contribution in [3.63, 3.8) is 0 Å². The van der Waals surface area contributed by atoms with Crippen molar-refractivity contribution in [2.24, 2.45) is 0 Å². The van der Waals surface area contributed by atoms with Gasteiger partial charge in [-0.1, -0.05) is 24.3 Å². The van der Waals surface area contributed by atoms with Crippen LogP contribution in [0.1, 0.15) is 23.6 Å². The number of nitrogens with zero attached hydrogens (tertiary/aromatic N) is 2. The van der Waals surface area contributed by atoms with E-state index in [1.807, 2.05) is 37.2 Å². The van der Waals surface area contributed by atoms with Gasteiger partial charge in [0.1, 0.15) is 0 Å². The Balaban J connectivity index is 1.99. The molecule has 2 heterocycles. The smallest absolute Gasteiger partial charge is 0.259 e. The molecule has 1 aromatic carbocycles. The van der Waals surface area contributed by atoms with E-state index in [1.54, 1.807) is 11.1 Å². The number of hydrogen-bond donors (Lipinski definition) is 0. The van der Waals surface area contributed by atoms with Crippen LogP contribution in [0.25, 0.3) is 0 Å². The van der Waals surface area contributed by atoms with Crippen LogP contribution in [-0.2, 0) is 16.0 Å². The van der Waals surface area contributed by atoms with Crippen LogP contribution in [0.4, 0.5) is 0 Å². The van der Waals surface area contributed by atoms with Crippen molar-refractivity contribution in [1.29, 1.82) is 0 Å². The zero-order valence-electron chi connectivity index (χ0n) is 11.8. The predicted octanol–water partition coefficient (Wildman–Crippen LogP) is 1.53. The molecule has 2 aliphatic rings. The van der Waals surface area contributed by atoms with Crippen molar-refractivity contribution in [2.75, 3.05) is 20.6 Å².